The van der Waals surface area contributed by atoms with Crippen molar-refractivity contribution in [3.63, 3.8) is 0 Å². The number of amides is 1. The minimum absolute atomic E-state index is 0.0487. The smallest absolute Gasteiger partial charge is 0.272 e. The van der Waals surface area contributed by atoms with Crippen molar-refractivity contribution in [3.05, 3.63) is 52.5 Å². The first-order valence-corrected chi connectivity index (χ1v) is 11.3. The summed E-state index contributed by atoms with van der Waals surface area (Å²) >= 11 is 3.52. The van der Waals surface area contributed by atoms with Crippen LogP contribution < -0.4 is 4.90 Å². The van der Waals surface area contributed by atoms with Gasteiger partial charge in [-0.05, 0) is 30.0 Å². The zero-order valence-electron chi connectivity index (χ0n) is 15.5. The average Bonchev–Trinajstić information content (AvgIpc) is 3.33. The van der Waals surface area contributed by atoms with E-state index < -0.39 is 11.6 Å². The molecule has 0 atom stereocenters. The first-order valence-electron chi connectivity index (χ1n) is 9.39. The van der Waals surface area contributed by atoms with E-state index >= 15 is 0 Å². The highest BCUT2D eigenvalue weighted by Crippen LogP contribution is 2.41. The van der Waals surface area contributed by atoms with Gasteiger partial charge in [0.2, 0.25) is 0 Å². The summed E-state index contributed by atoms with van der Waals surface area (Å²) in [6.07, 6.45) is 0.799. The van der Waals surface area contributed by atoms with Crippen molar-refractivity contribution in [2.75, 3.05) is 36.8 Å². The van der Waals surface area contributed by atoms with Crippen molar-refractivity contribution < 1.29 is 13.6 Å². The maximum Gasteiger partial charge on any atom is 0.272 e. The third kappa shape index (κ3) is 3.32. The summed E-state index contributed by atoms with van der Waals surface area (Å²) in [5, 5.41) is 9.49. The van der Waals surface area contributed by atoms with Gasteiger partial charge >= 0.3 is 0 Å². The largest absolute Gasteiger partial charge is 0.368 e. The number of anilines is 1. The number of H-pyrrole nitrogens is 1. The van der Waals surface area contributed by atoms with Crippen LogP contribution in [0.5, 0.6) is 0 Å². The molecule has 0 bridgehead atoms. The van der Waals surface area contributed by atoms with Crippen LogP contribution >= 0.6 is 23.1 Å². The molecule has 1 saturated heterocycles. The number of nitrogens with zero attached hydrogens (tertiary/aromatic N) is 3. The molecule has 29 heavy (non-hydrogen) atoms. The highest BCUT2D eigenvalue weighted by atomic mass is 32.2. The van der Waals surface area contributed by atoms with E-state index in [-0.39, 0.29) is 5.91 Å². The van der Waals surface area contributed by atoms with Gasteiger partial charge in [-0.25, -0.2) is 8.78 Å². The van der Waals surface area contributed by atoms with Gasteiger partial charge in [-0.1, -0.05) is 0 Å². The molecule has 1 amide bonds. The van der Waals surface area contributed by atoms with Crippen molar-refractivity contribution in [3.8, 4) is 11.3 Å². The van der Waals surface area contributed by atoms with E-state index in [1.54, 1.807) is 22.3 Å². The molecule has 0 spiro atoms. The summed E-state index contributed by atoms with van der Waals surface area (Å²) in [5.74, 6) is -0.835. The summed E-state index contributed by atoms with van der Waals surface area (Å²) in [6.45, 7) is 2.17. The fourth-order valence-corrected chi connectivity index (χ4v) is 5.96. The third-order valence-electron chi connectivity index (χ3n) is 5.39. The number of aromatic amines is 1. The molecule has 150 valence electrons. The molecule has 1 N–H and O–H groups in total. The molecule has 1 aromatic carbocycles. The van der Waals surface area contributed by atoms with E-state index in [9.17, 15) is 13.6 Å². The summed E-state index contributed by atoms with van der Waals surface area (Å²) in [5.41, 5.74) is 4.18. The van der Waals surface area contributed by atoms with Gasteiger partial charge in [0.05, 0.1) is 9.90 Å². The molecule has 1 fully saturated rings. The highest BCUT2D eigenvalue weighted by Gasteiger charge is 2.29. The van der Waals surface area contributed by atoms with E-state index in [1.807, 2.05) is 16.7 Å². The van der Waals surface area contributed by atoms with Gasteiger partial charge in [0.25, 0.3) is 5.91 Å². The number of fused-ring (bicyclic) bond motifs is 3. The number of carbonyl (C=O) groups is 1. The second kappa shape index (κ2) is 7.46. The predicted molar refractivity (Wildman–Crippen MR) is 111 cm³/mol. The summed E-state index contributed by atoms with van der Waals surface area (Å²) in [4.78, 5) is 16.9. The van der Waals surface area contributed by atoms with E-state index in [2.05, 4.69) is 21.6 Å². The Morgan fingerprint density at radius 2 is 1.93 bits per heavy atom. The van der Waals surface area contributed by atoms with Gasteiger partial charge in [0.1, 0.15) is 5.69 Å². The van der Waals surface area contributed by atoms with Gasteiger partial charge in [-0.3, -0.25) is 9.89 Å². The summed E-state index contributed by atoms with van der Waals surface area (Å²) in [7, 11) is 0. The van der Waals surface area contributed by atoms with Gasteiger partial charge in [0.15, 0.2) is 11.6 Å². The fraction of sp³-hybridized carbons (Fsp3) is 0.300. The predicted octanol–water partition coefficient (Wildman–Crippen LogP) is 4.03. The SMILES string of the molecule is O=C(c1[nH]nc2c1CCSc1sccc1-2)N1CCN(c2ccc(F)c(F)c2)CC1. The first-order chi connectivity index (χ1) is 14.1. The van der Waals surface area contributed by atoms with Gasteiger partial charge in [-0.2, -0.15) is 5.10 Å². The minimum Gasteiger partial charge on any atom is -0.368 e. The Morgan fingerprint density at radius 1 is 1.10 bits per heavy atom. The Hall–Kier alpha value is -2.39. The number of nitrogens with one attached hydrogen (secondary N) is 1. The standard InChI is InChI=1S/C20H18F2N4OS2/c21-15-2-1-12(11-16(15)22)25-5-7-26(8-6-25)19(27)18-13-3-9-28-20-14(4-10-29-20)17(13)23-24-18/h1-2,4,10-11H,3,5-9H2,(H,23,24). The molecule has 2 aromatic heterocycles. The van der Waals surface area contributed by atoms with Crippen LogP contribution in [0.25, 0.3) is 11.3 Å². The molecule has 2 aliphatic rings. The lowest BCUT2D eigenvalue weighted by Gasteiger charge is -2.36. The Labute approximate surface area is 174 Å². The van der Waals surface area contributed by atoms with Crippen LogP contribution in [-0.4, -0.2) is 52.9 Å². The number of piperazine rings is 1. The number of halogens is 2. The van der Waals surface area contributed by atoms with Crippen LogP contribution in [0.15, 0.2) is 33.9 Å². The maximum absolute atomic E-state index is 13.5. The van der Waals surface area contributed by atoms with Crippen molar-refractivity contribution >= 4 is 34.7 Å². The molecule has 4 heterocycles. The number of rotatable bonds is 2. The second-order valence-electron chi connectivity index (χ2n) is 7.02. The maximum atomic E-state index is 13.5. The number of hydrogen-bond acceptors (Lipinski definition) is 5. The first kappa shape index (κ1) is 18.6. The summed E-state index contributed by atoms with van der Waals surface area (Å²) < 4.78 is 27.9. The lowest BCUT2D eigenvalue weighted by Crippen LogP contribution is -2.49. The second-order valence-corrected chi connectivity index (χ2v) is 9.30. The molecule has 0 aliphatic carbocycles. The molecule has 0 saturated carbocycles. The molecular formula is C20H18F2N4OS2. The van der Waals surface area contributed by atoms with Crippen molar-refractivity contribution in [2.45, 2.75) is 10.6 Å². The van der Waals surface area contributed by atoms with Crippen molar-refractivity contribution in [2.24, 2.45) is 0 Å². The quantitative estimate of drug-likeness (QED) is 0.665. The number of benzene rings is 1. The molecule has 3 aromatic rings. The molecule has 5 nitrogen and oxygen atoms in total. The number of hydrogen-bond donors (Lipinski definition) is 1. The van der Waals surface area contributed by atoms with Crippen molar-refractivity contribution in [1.29, 1.82) is 0 Å². The fourth-order valence-electron chi connectivity index (χ4n) is 3.84. The lowest BCUT2D eigenvalue weighted by atomic mass is 10.1. The van der Waals surface area contributed by atoms with Crippen LogP contribution in [0.1, 0.15) is 16.1 Å². The molecule has 2 aliphatic heterocycles. The Morgan fingerprint density at radius 3 is 2.72 bits per heavy atom. The Balaban J connectivity index is 1.33. The molecule has 9 heteroatoms. The van der Waals surface area contributed by atoms with Crippen LogP contribution in [0.2, 0.25) is 0 Å². The van der Waals surface area contributed by atoms with Crippen molar-refractivity contribution in [1.82, 2.24) is 15.1 Å². The zero-order chi connectivity index (χ0) is 20.0. The number of thioether (sulfide) groups is 1. The Bertz CT molecular complexity index is 1070. The van der Waals surface area contributed by atoms with Gasteiger partial charge in [-0.15, -0.1) is 23.1 Å². The van der Waals surface area contributed by atoms with Crippen LogP contribution in [0.3, 0.4) is 0 Å². The van der Waals surface area contributed by atoms with E-state index in [0.29, 0.717) is 37.6 Å². The molecule has 0 unspecified atom stereocenters. The highest BCUT2D eigenvalue weighted by molar-refractivity contribution is 8.01. The van der Waals surface area contributed by atoms with Crippen LogP contribution in [0.4, 0.5) is 14.5 Å². The molecule has 0 radical (unpaired) electrons. The van der Waals surface area contributed by atoms with Crippen LogP contribution in [0, 0.1) is 11.6 Å². The molecule has 5 rings (SSSR count). The minimum atomic E-state index is -0.855. The third-order valence-corrected chi connectivity index (χ3v) is 7.62. The zero-order valence-corrected chi connectivity index (χ0v) is 17.1. The average molecular weight is 433 g/mol. The topological polar surface area (TPSA) is 52.2 Å². The number of aromatic nitrogens is 2. The van der Waals surface area contributed by atoms with Crippen LogP contribution in [-0.2, 0) is 6.42 Å². The van der Waals surface area contributed by atoms with E-state index in [4.69, 9.17) is 0 Å². The summed E-state index contributed by atoms with van der Waals surface area (Å²) in [6, 6.07) is 5.98. The monoisotopic (exact) mass is 432 g/mol. The van der Waals surface area contributed by atoms with Gasteiger partial charge in [0, 0.05) is 54.8 Å². The van der Waals surface area contributed by atoms with Gasteiger partial charge < -0.3 is 9.80 Å². The number of thiophene rings is 1. The van der Waals surface area contributed by atoms with E-state index in [0.717, 1.165) is 35.1 Å². The molecular weight excluding hydrogens is 414 g/mol. The Kier molecular flexibility index (Phi) is 4.79. The van der Waals surface area contributed by atoms with E-state index in [1.165, 1.54) is 10.3 Å². The normalized spacial score (nSPS) is 16.3. The number of carbonyl (C=O) groups excluding carboxylic acids is 1. The lowest BCUT2D eigenvalue weighted by molar-refractivity contribution is 0.0739.